The van der Waals surface area contributed by atoms with Gasteiger partial charge >= 0.3 is 5.97 Å². The molecule has 1 spiro atoms. The average molecular weight is 685 g/mol. The van der Waals surface area contributed by atoms with Gasteiger partial charge in [0.15, 0.2) is 0 Å². The predicted octanol–water partition coefficient (Wildman–Crippen LogP) is 4.15. The highest BCUT2D eigenvalue weighted by Crippen LogP contribution is 2.36. The second kappa shape index (κ2) is 16.6. The Labute approximate surface area is 288 Å². The first-order valence-corrected chi connectivity index (χ1v) is 17.0. The van der Waals surface area contributed by atoms with Crippen molar-refractivity contribution in [1.82, 2.24) is 20.4 Å². The molecule has 2 atom stereocenters. The van der Waals surface area contributed by atoms with E-state index in [9.17, 15) is 29.4 Å². The fourth-order valence-electron chi connectivity index (χ4n) is 7.36. The minimum Gasteiger partial charge on any atom is -0.496 e. The highest BCUT2D eigenvalue weighted by atomic mass is 35.5. The number of piperazine rings is 1. The number of halogens is 1. The number of piperidine rings is 1. The summed E-state index contributed by atoms with van der Waals surface area (Å²) in [5, 5.41) is 26.2. The van der Waals surface area contributed by atoms with Crippen molar-refractivity contribution in [1.29, 1.82) is 0 Å². The summed E-state index contributed by atoms with van der Waals surface area (Å²) in [6.45, 7) is 4.71. The second-order valence-electron chi connectivity index (χ2n) is 13.2. The zero-order valence-corrected chi connectivity index (χ0v) is 28.7. The van der Waals surface area contributed by atoms with Gasteiger partial charge in [0, 0.05) is 43.9 Å². The quantitative estimate of drug-likeness (QED) is 0.261. The lowest BCUT2D eigenvalue weighted by Gasteiger charge is -2.52. The minimum absolute atomic E-state index is 0. The molecule has 4 N–H and O–H groups in total. The number of likely N-dealkylation sites (tertiary alicyclic amines) is 1. The molecule has 48 heavy (non-hydrogen) atoms. The number of benzene rings is 2. The van der Waals surface area contributed by atoms with Gasteiger partial charge in [-0.2, -0.15) is 0 Å². The van der Waals surface area contributed by atoms with E-state index in [4.69, 9.17) is 4.74 Å². The van der Waals surface area contributed by atoms with Crippen LogP contribution in [0.5, 0.6) is 5.75 Å². The summed E-state index contributed by atoms with van der Waals surface area (Å²) in [5.41, 5.74) is 1.42. The van der Waals surface area contributed by atoms with Crippen molar-refractivity contribution >= 4 is 36.1 Å². The minimum atomic E-state index is -1.05. The number of hydrogen-bond acceptors (Lipinski definition) is 7. The van der Waals surface area contributed by atoms with Gasteiger partial charge in [0.2, 0.25) is 11.8 Å². The monoisotopic (exact) mass is 684 g/mol. The highest BCUT2D eigenvalue weighted by molar-refractivity contribution is 6.00. The van der Waals surface area contributed by atoms with Crippen LogP contribution in [0.15, 0.2) is 42.5 Å². The van der Waals surface area contributed by atoms with E-state index in [0.29, 0.717) is 55.9 Å². The van der Waals surface area contributed by atoms with Gasteiger partial charge in [-0.15, -0.1) is 12.4 Å². The number of methoxy groups -OCH3 is 1. The molecule has 5 rings (SSSR count). The van der Waals surface area contributed by atoms with E-state index in [2.05, 4.69) is 22.5 Å². The Bertz CT molecular complexity index is 1440. The summed E-state index contributed by atoms with van der Waals surface area (Å²) in [4.78, 5) is 55.8. The molecule has 0 unspecified atom stereocenters. The van der Waals surface area contributed by atoms with Gasteiger partial charge in [0.25, 0.3) is 5.91 Å². The number of carboxylic acids is 1. The summed E-state index contributed by atoms with van der Waals surface area (Å²) in [5.74, 6) is -1.16. The van der Waals surface area contributed by atoms with E-state index in [0.717, 1.165) is 50.5 Å². The molecule has 12 heteroatoms. The van der Waals surface area contributed by atoms with Crippen molar-refractivity contribution in [3.8, 4) is 5.75 Å². The van der Waals surface area contributed by atoms with E-state index in [1.807, 2.05) is 12.1 Å². The molecule has 2 saturated heterocycles. The Morgan fingerprint density at radius 2 is 1.71 bits per heavy atom. The Morgan fingerprint density at radius 1 is 1.04 bits per heavy atom. The molecule has 2 aliphatic heterocycles. The van der Waals surface area contributed by atoms with Crippen LogP contribution in [0.2, 0.25) is 0 Å². The predicted molar refractivity (Wildman–Crippen MR) is 183 cm³/mol. The molecular weight excluding hydrogens is 636 g/mol. The Balaban J connectivity index is 0.00000520. The van der Waals surface area contributed by atoms with E-state index >= 15 is 0 Å². The smallest absolute Gasteiger partial charge is 0.335 e. The maximum Gasteiger partial charge on any atom is 0.335 e. The zero-order chi connectivity index (χ0) is 33.6. The Morgan fingerprint density at radius 3 is 2.33 bits per heavy atom. The second-order valence-corrected chi connectivity index (χ2v) is 13.2. The number of amides is 3. The number of nitrogens with zero attached hydrogens (tertiary/aromatic N) is 2. The number of aromatic carboxylic acids is 1. The average Bonchev–Trinajstić information content (AvgIpc) is 3.10. The molecular formula is C36H49ClN4O7. The number of carbonyl (C=O) groups excluding carboxylic acids is 3. The van der Waals surface area contributed by atoms with Crippen LogP contribution in [0.4, 0.5) is 0 Å². The molecule has 2 heterocycles. The van der Waals surface area contributed by atoms with Crippen LogP contribution in [0, 0.1) is 5.92 Å². The molecule has 2 aromatic rings. The van der Waals surface area contributed by atoms with Gasteiger partial charge in [-0.1, -0.05) is 50.8 Å². The maximum absolute atomic E-state index is 13.9. The van der Waals surface area contributed by atoms with E-state index in [1.54, 1.807) is 23.1 Å². The van der Waals surface area contributed by atoms with E-state index in [-0.39, 0.29) is 48.2 Å². The molecule has 3 aliphatic rings. The first-order chi connectivity index (χ1) is 22.7. The number of nitrogens with one attached hydrogen (secondary N) is 2. The molecule has 0 aromatic heterocycles. The third-order valence-corrected chi connectivity index (χ3v) is 10.2. The highest BCUT2D eigenvalue weighted by Gasteiger charge is 2.55. The van der Waals surface area contributed by atoms with E-state index in [1.165, 1.54) is 19.2 Å². The first-order valence-electron chi connectivity index (χ1n) is 17.0. The molecule has 11 nitrogen and oxygen atoms in total. The Kier molecular flexibility index (Phi) is 12.9. The molecule has 0 bridgehead atoms. The normalized spacial score (nSPS) is 20.5. The van der Waals surface area contributed by atoms with Gasteiger partial charge in [-0.05, 0) is 67.9 Å². The molecule has 2 aromatic carbocycles. The summed E-state index contributed by atoms with van der Waals surface area (Å²) in [6.07, 6.45) is 6.94. The van der Waals surface area contributed by atoms with Gasteiger partial charge in [0.1, 0.15) is 17.3 Å². The molecule has 0 radical (unpaired) electrons. The van der Waals surface area contributed by atoms with Crippen LogP contribution >= 0.6 is 12.4 Å². The number of ether oxygens (including phenoxy) is 1. The lowest BCUT2D eigenvalue weighted by molar-refractivity contribution is -0.166. The Hall–Kier alpha value is -3.67. The molecule has 1 saturated carbocycles. The first kappa shape index (κ1) is 37.2. The van der Waals surface area contributed by atoms with Crippen molar-refractivity contribution < 1.29 is 34.1 Å². The lowest BCUT2D eigenvalue weighted by atomic mass is 9.78. The fraction of sp³-hybridized carbons (Fsp3) is 0.556. The number of aliphatic hydroxyl groups excluding tert-OH is 1. The van der Waals surface area contributed by atoms with Gasteiger partial charge < -0.3 is 30.5 Å². The van der Waals surface area contributed by atoms with Crippen LogP contribution in [-0.2, 0) is 22.7 Å². The number of aliphatic hydroxyl groups is 1. The SMILES string of the molecule is CCCCN1C(=O)[C@@H]([C@H](O)C2CCCCC2)NC(=O)C12CCN(Cc1ccc(C(=O)NCc3ccc(C(=O)O)cc3OC)cc1)CC2.Cl. The number of hydrogen-bond donors (Lipinski definition) is 4. The molecule has 3 fully saturated rings. The zero-order valence-electron chi connectivity index (χ0n) is 27.9. The van der Waals surface area contributed by atoms with Crippen molar-refractivity contribution in [3.63, 3.8) is 0 Å². The molecule has 3 amide bonds. The van der Waals surface area contributed by atoms with Crippen LogP contribution in [0.25, 0.3) is 0 Å². The van der Waals surface area contributed by atoms with Gasteiger partial charge in [-0.3, -0.25) is 19.3 Å². The van der Waals surface area contributed by atoms with Crippen LogP contribution < -0.4 is 15.4 Å². The third kappa shape index (κ3) is 8.13. The fourth-order valence-corrected chi connectivity index (χ4v) is 7.36. The maximum atomic E-state index is 13.9. The third-order valence-electron chi connectivity index (χ3n) is 10.2. The number of rotatable bonds is 12. The summed E-state index contributed by atoms with van der Waals surface area (Å²) in [6, 6.07) is 11.1. The van der Waals surface area contributed by atoms with Crippen molar-refractivity contribution in [2.45, 2.75) is 95.5 Å². The van der Waals surface area contributed by atoms with E-state index < -0.39 is 23.7 Å². The number of unbranched alkanes of at least 4 members (excludes halogenated alkanes) is 1. The largest absolute Gasteiger partial charge is 0.496 e. The summed E-state index contributed by atoms with van der Waals surface area (Å²) in [7, 11) is 1.46. The topological polar surface area (TPSA) is 149 Å². The van der Waals surface area contributed by atoms with Crippen LogP contribution in [0.1, 0.15) is 96.6 Å². The number of carbonyl (C=O) groups is 4. The van der Waals surface area contributed by atoms with Gasteiger partial charge in [0.05, 0.1) is 18.8 Å². The van der Waals surface area contributed by atoms with Crippen LogP contribution in [-0.4, -0.2) is 88.1 Å². The lowest BCUT2D eigenvalue weighted by Crippen LogP contribution is -2.75. The summed E-state index contributed by atoms with van der Waals surface area (Å²) < 4.78 is 5.30. The molecule has 262 valence electrons. The summed E-state index contributed by atoms with van der Waals surface area (Å²) >= 11 is 0. The van der Waals surface area contributed by atoms with Crippen LogP contribution in [0.3, 0.4) is 0 Å². The van der Waals surface area contributed by atoms with Crippen molar-refractivity contribution in [3.05, 3.63) is 64.7 Å². The molecule has 1 aliphatic carbocycles. The van der Waals surface area contributed by atoms with Crippen molar-refractivity contribution in [2.75, 3.05) is 26.7 Å². The number of carboxylic acid groups (broad SMARTS) is 1. The van der Waals surface area contributed by atoms with Crippen molar-refractivity contribution in [2.24, 2.45) is 5.92 Å². The van der Waals surface area contributed by atoms with Gasteiger partial charge in [-0.25, -0.2) is 4.79 Å². The standard InChI is InChI=1S/C36H48N4O7.ClH/c1-3-4-18-40-33(43)30(31(41)25-8-6-5-7-9-25)38-35(46)36(40)16-19-39(20-17-36)23-24-10-12-26(13-11-24)32(42)37-22-28-15-14-27(34(44)45)21-29(28)47-2;/h10-15,21,25,30-31,41H,3-9,16-20,22-23H2,1-2H3,(H,37,42)(H,38,46)(H,44,45);1H/t30-,31-;/m1./s1.